The van der Waals surface area contributed by atoms with Gasteiger partial charge in [-0.25, -0.2) is 0 Å². The molecule has 0 unspecified atom stereocenters. The molecule has 1 aromatic rings. The van der Waals surface area contributed by atoms with Crippen molar-refractivity contribution in [2.45, 2.75) is 26.1 Å². The van der Waals surface area contributed by atoms with Crippen LogP contribution >= 0.6 is 0 Å². The summed E-state index contributed by atoms with van der Waals surface area (Å²) in [7, 11) is 0. The summed E-state index contributed by atoms with van der Waals surface area (Å²) in [5, 5.41) is 11.8. The Morgan fingerprint density at radius 2 is 1.88 bits per heavy atom. The van der Waals surface area contributed by atoms with E-state index in [2.05, 4.69) is 9.89 Å². The van der Waals surface area contributed by atoms with E-state index in [1.54, 1.807) is 0 Å². The maximum Gasteiger partial charge on any atom is 0.573 e. The quantitative estimate of drug-likeness (QED) is 0.502. The number of benzene rings is 1. The van der Waals surface area contributed by atoms with Crippen LogP contribution in [0.25, 0.3) is 0 Å². The molecule has 0 bridgehead atoms. The fraction of sp³-hybridized carbons (Fsp3) is 0.364. The molecule has 0 atom stereocenters. The summed E-state index contributed by atoms with van der Waals surface area (Å²) >= 11 is 0. The van der Waals surface area contributed by atoms with E-state index in [0.29, 0.717) is 17.7 Å². The normalized spacial score (nSPS) is 12.6. The molecule has 0 aromatic heterocycles. The number of rotatable bonds is 4. The number of halogens is 3. The molecule has 0 spiro atoms. The van der Waals surface area contributed by atoms with E-state index in [4.69, 9.17) is 5.21 Å². The third kappa shape index (κ3) is 4.34. The Balaban J connectivity index is 2.80. The van der Waals surface area contributed by atoms with Gasteiger partial charge in [0.2, 0.25) is 0 Å². The van der Waals surface area contributed by atoms with Crippen LogP contribution in [-0.2, 0) is 0 Å². The minimum Gasteiger partial charge on any atom is -0.411 e. The van der Waals surface area contributed by atoms with Crippen LogP contribution in [-0.4, -0.2) is 17.3 Å². The topological polar surface area (TPSA) is 41.8 Å². The average molecular weight is 247 g/mol. The second-order valence-corrected chi connectivity index (χ2v) is 3.37. The van der Waals surface area contributed by atoms with Crippen LogP contribution in [0.2, 0.25) is 0 Å². The molecule has 1 rings (SSSR count). The first-order valence-electron chi connectivity index (χ1n) is 5.03. The van der Waals surface area contributed by atoms with Crippen molar-refractivity contribution in [1.29, 1.82) is 0 Å². The Bertz CT molecular complexity index is 385. The molecular formula is C11H12F3NO2. The standard InChI is InChI=1S/C11H12F3NO2/c1-2-3-10(15-16)8-4-6-9(7-5-8)17-11(12,13)14/h4-7,16H,2-3H2,1H3/b15-10-. The summed E-state index contributed by atoms with van der Waals surface area (Å²) in [6.07, 6.45) is -3.37. The van der Waals surface area contributed by atoms with E-state index in [1.807, 2.05) is 6.92 Å². The lowest BCUT2D eigenvalue weighted by Crippen LogP contribution is -2.17. The van der Waals surface area contributed by atoms with Gasteiger partial charge < -0.3 is 9.94 Å². The van der Waals surface area contributed by atoms with Gasteiger partial charge in [-0.05, 0) is 36.2 Å². The molecule has 0 amide bonds. The predicted molar refractivity (Wildman–Crippen MR) is 56.4 cm³/mol. The molecule has 0 aliphatic carbocycles. The first-order chi connectivity index (χ1) is 7.96. The summed E-state index contributed by atoms with van der Waals surface area (Å²) in [6, 6.07) is 5.21. The molecule has 0 saturated heterocycles. The van der Waals surface area contributed by atoms with E-state index < -0.39 is 6.36 Å². The van der Waals surface area contributed by atoms with E-state index in [0.717, 1.165) is 6.42 Å². The summed E-state index contributed by atoms with van der Waals surface area (Å²) in [5.74, 6) is -0.296. The first-order valence-corrected chi connectivity index (χ1v) is 5.03. The van der Waals surface area contributed by atoms with Crippen LogP contribution in [0.3, 0.4) is 0 Å². The van der Waals surface area contributed by atoms with Crippen LogP contribution < -0.4 is 4.74 Å². The zero-order valence-electron chi connectivity index (χ0n) is 9.16. The highest BCUT2D eigenvalue weighted by Crippen LogP contribution is 2.23. The third-order valence-electron chi connectivity index (χ3n) is 2.03. The van der Waals surface area contributed by atoms with Crippen molar-refractivity contribution in [2.75, 3.05) is 0 Å². The molecule has 17 heavy (non-hydrogen) atoms. The monoisotopic (exact) mass is 247 g/mol. The van der Waals surface area contributed by atoms with Crippen molar-refractivity contribution < 1.29 is 23.1 Å². The number of alkyl halides is 3. The zero-order chi connectivity index (χ0) is 12.9. The highest BCUT2D eigenvalue weighted by atomic mass is 19.4. The van der Waals surface area contributed by atoms with Crippen molar-refractivity contribution in [2.24, 2.45) is 5.16 Å². The van der Waals surface area contributed by atoms with Crippen molar-refractivity contribution in [3.05, 3.63) is 29.8 Å². The molecule has 0 aliphatic heterocycles. The second kappa shape index (κ2) is 5.56. The van der Waals surface area contributed by atoms with Gasteiger partial charge in [0.05, 0.1) is 5.71 Å². The number of ether oxygens (including phenoxy) is 1. The fourth-order valence-electron chi connectivity index (χ4n) is 1.34. The Labute approximate surface area is 96.5 Å². The Kier molecular flexibility index (Phi) is 4.37. The molecule has 0 aliphatic rings. The van der Waals surface area contributed by atoms with Crippen molar-refractivity contribution in [3.63, 3.8) is 0 Å². The summed E-state index contributed by atoms with van der Waals surface area (Å²) in [5.41, 5.74) is 1.01. The van der Waals surface area contributed by atoms with E-state index in [1.165, 1.54) is 24.3 Å². The zero-order valence-corrected chi connectivity index (χ0v) is 9.16. The summed E-state index contributed by atoms with van der Waals surface area (Å²) in [4.78, 5) is 0. The molecule has 94 valence electrons. The van der Waals surface area contributed by atoms with Gasteiger partial charge in [0.15, 0.2) is 0 Å². The number of oxime groups is 1. The number of nitrogens with zero attached hydrogens (tertiary/aromatic N) is 1. The summed E-state index contributed by atoms with van der Waals surface area (Å²) in [6.45, 7) is 1.91. The molecule has 0 radical (unpaired) electrons. The van der Waals surface area contributed by atoms with Crippen LogP contribution in [0.1, 0.15) is 25.3 Å². The van der Waals surface area contributed by atoms with Crippen LogP contribution in [0.4, 0.5) is 13.2 Å². The molecular weight excluding hydrogens is 235 g/mol. The van der Waals surface area contributed by atoms with Crippen LogP contribution in [0.15, 0.2) is 29.4 Å². The highest BCUT2D eigenvalue weighted by molar-refractivity contribution is 6.00. The maximum absolute atomic E-state index is 11.9. The van der Waals surface area contributed by atoms with E-state index >= 15 is 0 Å². The van der Waals surface area contributed by atoms with Gasteiger partial charge in [0, 0.05) is 0 Å². The Morgan fingerprint density at radius 3 is 2.29 bits per heavy atom. The largest absolute Gasteiger partial charge is 0.573 e. The van der Waals surface area contributed by atoms with Crippen molar-refractivity contribution in [3.8, 4) is 5.75 Å². The van der Waals surface area contributed by atoms with Gasteiger partial charge in [-0.3, -0.25) is 0 Å². The predicted octanol–water partition coefficient (Wildman–Crippen LogP) is 3.56. The molecule has 0 heterocycles. The molecule has 0 saturated carbocycles. The maximum atomic E-state index is 11.9. The van der Waals surface area contributed by atoms with Crippen molar-refractivity contribution >= 4 is 5.71 Å². The number of hydrogen-bond donors (Lipinski definition) is 1. The highest BCUT2D eigenvalue weighted by Gasteiger charge is 2.30. The lowest BCUT2D eigenvalue weighted by Gasteiger charge is -2.09. The smallest absolute Gasteiger partial charge is 0.411 e. The van der Waals surface area contributed by atoms with Crippen LogP contribution in [0, 0.1) is 0 Å². The lowest BCUT2D eigenvalue weighted by molar-refractivity contribution is -0.274. The second-order valence-electron chi connectivity index (χ2n) is 3.37. The van der Waals surface area contributed by atoms with Gasteiger partial charge in [-0.1, -0.05) is 18.5 Å². The SMILES string of the molecule is CCC/C(=N/O)c1ccc(OC(F)(F)F)cc1. The van der Waals surface area contributed by atoms with E-state index in [9.17, 15) is 13.2 Å². The van der Waals surface area contributed by atoms with Gasteiger partial charge in [-0.2, -0.15) is 0 Å². The van der Waals surface area contributed by atoms with Crippen LogP contribution in [0.5, 0.6) is 5.75 Å². The first kappa shape index (κ1) is 13.3. The minimum absolute atomic E-state index is 0.296. The molecule has 1 N–H and O–H groups in total. The minimum atomic E-state index is -4.70. The third-order valence-corrected chi connectivity index (χ3v) is 2.03. The molecule has 6 heteroatoms. The van der Waals surface area contributed by atoms with Gasteiger partial charge >= 0.3 is 6.36 Å². The average Bonchev–Trinajstić information content (AvgIpc) is 2.25. The molecule has 3 nitrogen and oxygen atoms in total. The van der Waals surface area contributed by atoms with Gasteiger partial charge in [0.1, 0.15) is 5.75 Å². The Morgan fingerprint density at radius 1 is 1.29 bits per heavy atom. The molecule has 1 aromatic carbocycles. The van der Waals surface area contributed by atoms with E-state index in [-0.39, 0.29) is 5.75 Å². The Hall–Kier alpha value is -1.72. The summed E-state index contributed by atoms with van der Waals surface area (Å²) < 4.78 is 39.4. The number of hydrogen-bond acceptors (Lipinski definition) is 3. The van der Waals surface area contributed by atoms with Crippen molar-refractivity contribution in [1.82, 2.24) is 0 Å². The van der Waals surface area contributed by atoms with Gasteiger partial charge in [0.25, 0.3) is 0 Å². The fourth-order valence-corrected chi connectivity index (χ4v) is 1.34. The lowest BCUT2D eigenvalue weighted by atomic mass is 10.1. The van der Waals surface area contributed by atoms with Gasteiger partial charge in [-0.15, -0.1) is 13.2 Å². The molecule has 0 fully saturated rings.